The Bertz CT molecular complexity index is 1190. The molecule has 3 aromatic rings. The summed E-state index contributed by atoms with van der Waals surface area (Å²) in [7, 11) is -7.54. The van der Waals surface area contributed by atoms with E-state index >= 15 is 0 Å². The predicted molar refractivity (Wildman–Crippen MR) is 122 cm³/mol. The minimum Gasteiger partial charge on any atom is -0.264 e. The van der Waals surface area contributed by atoms with E-state index in [1.54, 1.807) is 12.1 Å². The molecule has 0 amide bonds. The molecule has 6 nitrogen and oxygen atoms in total. The van der Waals surface area contributed by atoms with Crippen LogP contribution in [0.4, 0.5) is 0 Å². The lowest BCUT2D eigenvalue weighted by Crippen LogP contribution is -2.33. The number of hydrogen-bond acceptors (Lipinski definition) is 5. The number of halogens is 1. The van der Waals surface area contributed by atoms with Gasteiger partial charge in [-0.1, -0.05) is 48.0 Å². The standard InChI is InChI=1S/C22H23ClN2O4S2/c23-20-10-12-21(13-11-20)31(28,29)22(19-9-4-14-24-16-19)17-25-30(26,27)15-5-8-18-6-2-1-3-7-18/h1-4,6-7,9-14,16,22,25H,5,8,15,17H2. The number of sulfonamides is 1. The summed E-state index contributed by atoms with van der Waals surface area (Å²) in [6.07, 6.45) is 4.02. The van der Waals surface area contributed by atoms with Crippen LogP contribution in [0, 0.1) is 0 Å². The largest absolute Gasteiger partial charge is 0.264 e. The zero-order chi connectivity index (χ0) is 22.3. The smallest absolute Gasteiger partial charge is 0.211 e. The van der Waals surface area contributed by atoms with E-state index in [1.807, 2.05) is 30.3 Å². The third kappa shape index (κ3) is 6.61. The molecule has 1 atom stereocenters. The van der Waals surface area contributed by atoms with E-state index in [9.17, 15) is 16.8 Å². The van der Waals surface area contributed by atoms with Crippen LogP contribution in [0.3, 0.4) is 0 Å². The van der Waals surface area contributed by atoms with Crippen LogP contribution < -0.4 is 4.72 Å². The van der Waals surface area contributed by atoms with Crippen molar-refractivity contribution in [1.82, 2.24) is 9.71 Å². The van der Waals surface area contributed by atoms with E-state index in [1.165, 1.54) is 36.7 Å². The van der Waals surface area contributed by atoms with E-state index in [2.05, 4.69) is 9.71 Å². The fourth-order valence-electron chi connectivity index (χ4n) is 3.15. The highest BCUT2D eigenvalue weighted by molar-refractivity contribution is 7.92. The Morgan fingerprint density at radius 1 is 0.903 bits per heavy atom. The number of benzene rings is 2. The van der Waals surface area contributed by atoms with Crippen LogP contribution in [0.5, 0.6) is 0 Å². The number of rotatable bonds is 10. The van der Waals surface area contributed by atoms with Gasteiger partial charge in [0.25, 0.3) is 0 Å². The Kier molecular flexibility index (Phi) is 7.83. The fourth-order valence-corrected chi connectivity index (χ4v) is 6.11. The highest BCUT2D eigenvalue weighted by atomic mass is 35.5. The van der Waals surface area contributed by atoms with Crippen LogP contribution in [-0.4, -0.2) is 34.1 Å². The molecule has 0 saturated heterocycles. The van der Waals surface area contributed by atoms with Crippen molar-refractivity contribution in [3.05, 3.63) is 95.3 Å². The summed E-state index contributed by atoms with van der Waals surface area (Å²) < 4.78 is 54.0. The lowest BCUT2D eigenvalue weighted by atomic mass is 10.1. The molecular weight excluding hydrogens is 456 g/mol. The second-order valence-electron chi connectivity index (χ2n) is 7.03. The second-order valence-corrected chi connectivity index (χ2v) is 11.5. The first-order valence-corrected chi connectivity index (χ1v) is 13.3. The van der Waals surface area contributed by atoms with Gasteiger partial charge in [-0.2, -0.15) is 0 Å². The van der Waals surface area contributed by atoms with Gasteiger partial charge in [0.05, 0.1) is 10.6 Å². The van der Waals surface area contributed by atoms with Gasteiger partial charge >= 0.3 is 0 Å². The zero-order valence-corrected chi connectivity index (χ0v) is 19.1. The van der Waals surface area contributed by atoms with Gasteiger partial charge < -0.3 is 0 Å². The molecule has 0 spiro atoms. The van der Waals surface area contributed by atoms with E-state index in [4.69, 9.17) is 11.6 Å². The van der Waals surface area contributed by atoms with Gasteiger partial charge in [-0.25, -0.2) is 21.6 Å². The van der Waals surface area contributed by atoms with Gasteiger partial charge in [-0.15, -0.1) is 0 Å². The fraction of sp³-hybridized carbons (Fsp3) is 0.227. The van der Waals surface area contributed by atoms with Crippen LogP contribution in [0.25, 0.3) is 0 Å². The van der Waals surface area contributed by atoms with Crippen molar-refractivity contribution in [3.63, 3.8) is 0 Å². The van der Waals surface area contributed by atoms with Crippen LogP contribution in [0.1, 0.15) is 22.8 Å². The number of nitrogens with one attached hydrogen (secondary N) is 1. The van der Waals surface area contributed by atoms with Crippen molar-refractivity contribution in [1.29, 1.82) is 0 Å². The first kappa shape index (κ1) is 23.4. The van der Waals surface area contributed by atoms with Gasteiger partial charge in [0.15, 0.2) is 9.84 Å². The van der Waals surface area contributed by atoms with Gasteiger partial charge in [-0.05, 0) is 54.3 Å². The number of nitrogens with zero attached hydrogens (tertiary/aromatic N) is 1. The van der Waals surface area contributed by atoms with Crippen molar-refractivity contribution in [2.75, 3.05) is 12.3 Å². The van der Waals surface area contributed by atoms with E-state index < -0.39 is 25.1 Å². The van der Waals surface area contributed by atoms with Crippen LogP contribution in [-0.2, 0) is 26.3 Å². The Labute approximate surface area is 188 Å². The first-order valence-electron chi connectivity index (χ1n) is 9.68. The Balaban J connectivity index is 1.74. The highest BCUT2D eigenvalue weighted by Crippen LogP contribution is 2.29. The summed E-state index contributed by atoms with van der Waals surface area (Å²) in [5.74, 6) is -0.0946. The maximum atomic E-state index is 13.3. The molecule has 31 heavy (non-hydrogen) atoms. The molecule has 1 aromatic heterocycles. The molecule has 2 aromatic carbocycles. The average molecular weight is 479 g/mol. The summed E-state index contributed by atoms with van der Waals surface area (Å²) in [6.45, 7) is -0.287. The summed E-state index contributed by atoms with van der Waals surface area (Å²) in [5, 5.41) is -0.706. The van der Waals surface area contributed by atoms with Crippen molar-refractivity contribution >= 4 is 31.5 Å². The highest BCUT2D eigenvalue weighted by Gasteiger charge is 2.30. The van der Waals surface area contributed by atoms with Crippen LogP contribution >= 0.6 is 11.6 Å². The number of aromatic nitrogens is 1. The van der Waals surface area contributed by atoms with Crippen LogP contribution in [0.2, 0.25) is 5.02 Å². The lowest BCUT2D eigenvalue weighted by Gasteiger charge is -2.19. The SMILES string of the molecule is O=S(=O)(CCCc1ccccc1)NCC(c1cccnc1)S(=O)(=O)c1ccc(Cl)cc1. The third-order valence-electron chi connectivity index (χ3n) is 4.78. The average Bonchev–Trinajstić information content (AvgIpc) is 2.75. The van der Waals surface area contributed by atoms with E-state index in [0.717, 1.165) is 5.56 Å². The molecule has 0 aliphatic carbocycles. The van der Waals surface area contributed by atoms with Crippen molar-refractivity contribution in [2.24, 2.45) is 0 Å². The number of aryl methyl sites for hydroxylation is 1. The summed E-state index contributed by atoms with van der Waals surface area (Å²) in [6, 6.07) is 18.6. The number of pyridine rings is 1. The van der Waals surface area contributed by atoms with Gasteiger partial charge in [-0.3, -0.25) is 4.98 Å². The second kappa shape index (κ2) is 10.4. The topological polar surface area (TPSA) is 93.2 Å². The van der Waals surface area contributed by atoms with Crippen LogP contribution in [0.15, 0.2) is 84.0 Å². The summed E-state index contributed by atoms with van der Waals surface area (Å²) in [5.41, 5.74) is 1.46. The maximum Gasteiger partial charge on any atom is 0.211 e. The van der Waals surface area contributed by atoms with E-state index in [0.29, 0.717) is 23.4 Å². The molecule has 164 valence electrons. The summed E-state index contributed by atoms with van der Waals surface area (Å²) >= 11 is 5.88. The van der Waals surface area contributed by atoms with Gasteiger partial charge in [0.2, 0.25) is 10.0 Å². The van der Waals surface area contributed by atoms with Gasteiger partial charge in [0.1, 0.15) is 5.25 Å². The van der Waals surface area contributed by atoms with Gasteiger partial charge in [0, 0.05) is 24.0 Å². The molecule has 0 aliphatic heterocycles. The van der Waals surface area contributed by atoms with Crippen molar-refractivity contribution in [2.45, 2.75) is 23.0 Å². The minimum absolute atomic E-state index is 0.0639. The molecule has 0 fully saturated rings. The number of hydrogen-bond donors (Lipinski definition) is 1. The Morgan fingerprint density at radius 3 is 2.26 bits per heavy atom. The van der Waals surface area contributed by atoms with E-state index in [-0.39, 0.29) is 17.2 Å². The molecule has 3 rings (SSSR count). The third-order valence-corrected chi connectivity index (χ3v) is 8.58. The Hall–Kier alpha value is -2.26. The summed E-state index contributed by atoms with van der Waals surface area (Å²) in [4.78, 5) is 4.06. The first-order chi connectivity index (χ1) is 14.8. The molecule has 1 heterocycles. The molecule has 0 bridgehead atoms. The Morgan fingerprint density at radius 2 is 1.61 bits per heavy atom. The molecule has 1 N–H and O–H groups in total. The molecular formula is C22H23ClN2O4S2. The monoisotopic (exact) mass is 478 g/mol. The van der Waals surface area contributed by atoms with Crippen molar-refractivity contribution in [3.8, 4) is 0 Å². The number of sulfone groups is 1. The normalized spacial score (nSPS) is 13.1. The van der Waals surface area contributed by atoms with Crippen molar-refractivity contribution < 1.29 is 16.8 Å². The molecule has 0 saturated carbocycles. The molecule has 9 heteroatoms. The predicted octanol–water partition coefficient (Wildman–Crippen LogP) is 3.80. The lowest BCUT2D eigenvalue weighted by molar-refractivity contribution is 0.567. The molecule has 0 aliphatic rings. The zero-order valence-electron chi connectivity index (χ0n) is 16.7. The minimum atomic E-state index is -3.88. The molecule has 1 unspecified atom stereocenters. The molecule has 0 radical (unpaired) electrons. The quantitative estimate of drug-likeness (QED) is 0.478. The maximum absolute atomic E-state index is 13.3.